The van der Waals surface area contributed by atoms with Gasteiger partial charge in [-0.15, -0.1) is 6.58 Å². The number of hydrogen-bond donors (Lipinski definition) is 1. The second kappa shape index (κ2) is 8.21. The maximum absolute atomic E-state index is 5.72. The average Bonchev–Trinajstić information content (AvgIpc) is 2.38. The molecule has 1 N–H and O–H groups in total. The summed E-state index contributed by atoms with van der Waals surface area (Å²) in [5, 5.41) is 3.60. The summed E-state index contributed by atoms with van der Waals surface area (Å²) in [5.41, 5.74) is 0.164. The summed E-state index contributed by atoms with van der Waals surface area (Å²) in [6, 6.07) is 0. The molecule has 108 valence electrons. The molecular formula is C17H29NO. The molecule has 0 bridgehead atoms. The van der Waals surface area contributed by atoms with Gasteiger partial charge in [-0.05, 0) is 64.1 Å². The molecule has 2 heteroatoms. The molecule has 0 amide bonds. The van der Waals surface area contributed by atoms with E-state index in [0.717, 1.165) is 44.6 Å². The Morgan fingerprint density at radius 1 is 1.47 bits per heavy atom. The van der Waals surface area contributed by atoms with E-state index < -0.39 is 0 Å². The molecule has 0 radical (unpaired) electrons. The predicted molar refractivity (Wildman–Crippen MR) is 83.1 cm³/mol. The molecule has 1 unspecified atom stereocenters. The summed E-state index contributed by atoms with van der Waals surface area (Å²) >= 11 is 0. The molecular weight excluding hydrogens is 234 g/mol. The van der Waals surface area contributed by atoms with Gasteiger partial charge >= 0.3 is 0 Å². The second-order valence-electron chi connectivity index (χ2n) is 6.02. The van der Waals surface area contributed by atoms with E-state index in [-0.39, 0.29) is 5.54 Å². The molecule has 2 nitrogen and oxygen atoms in total. The van der Waals surface area contributed by atoms with Crippen LogP contribution in [0.1, 0.15) is 46.5 Å². The smallest absolute Gasteiger partial charge is 0.115 e. The first-order valence-electron chi connectivity index (χ1n) is 7.40. The van der Waals surface area contributed by atoms with Crippen molar-refractivity contribution in [1.82, 2.24) is 5.32 Å². The van der Waals surface area contributed by atoms with Gasteiger partial charge in [0.25, 0.3) is 0 Å². The van der Waals surface area contributed by atoms with Crippen molar-refractivity contribution in [2.24, 2.45) is 5.92 Å². The van der Waals surface area contributed by atoms with Crippen LogP contribution in [0.15, 0.2) is 36.6 Å². The Morgan fingerprint density at radius 3 is 2.89 bits per heavy atom. The highest BCUT2D eigenvalue weighted by molar-refractivity contribution is 5.15. The lowest BCUT2D eigenvalue weighted by Gasteiger charge is -2.28. The molecule has 19 heavy (non-hydrogen) atoms. The van der Waals surface area contributed by atoms with E-state index in [1.54, 1.807) is 0 Å². The van der Waals surface area contributed by atoms with Crippen molar-refractivity contribution in [1.29, 1.82) is 0 Å². The molecule has 0 aromatic heterocycles. The molecule has 1 aliphatic carbocycles. The monoisotopic (exact) mass is 263 g/mol. The van der Waals surface area contributed by atoms with Gasteiger partial charge < -0.3 is 10.1 Å². The van der Waals surface area contributed by atoms with Gasteiger partial charge in [0.05, 0.1) is 6.61 Å². The van der Waals surface area contributed by atoms with Crippen molar-refractivity contribution in [3.05, 3.63) is 36.6 Å². The van der Waals surface area contributed by atoms with E-state index >= 15 is 0 Å². The third-order valence-electron chi connectivity index (χ3n) is 3.39. The van der Waals surface area contributed by atoms with E-state index in [4.69, 9.17) is 4.74 Å². The van der Waals surface area contributed by atoms with Crippen LogP contribution in [0.4, 0.5) is 0 Å². The lowest BCUT2D eigenvalue weighted by molar-refractivity contribution is 0.211. The van der Waals surface area contributed by atoms with Crippen molar-refractivity contribution < 1.29 is 4.74 Å². The van der Waals surface area contributed by atoms with Crippen molar-refractivity contribution in [2.45, 2.75) is 52.0 Å². The summed E-state index contributed by atoms with van der Waals surface area (Å²) in [5.74, 6) is 1.59. The molecule has 1 rings (SSSR count). The van der Waals surface area contributed by atoms with Crippen molar-refractivity contribution in [2.75, 3.05) is 13.2 Å². The fraction of sp³-hybridized carbons (Fsp3) is 0.647. The third-order valence-corrected chi connectivity index (χ3v) is 3.39. The minimum atomic E-state index is 0.164. The van der Waals surface area contributed by atoms with E-state index in [0.29, 0.717) is 5.92 Å². The molecule has 0 spiro atoms. The molecule has 0 aromatic rings. The van der Waals surface area contributed by atoms with E-state index in [1.807, 2.05) is 6.08 Å². The van der Waals surface area contributed by atoms with Crippen LogP contribution in [0.5, 0.6) is 0 Å². The van der Waals surface area contributed by atoms with E-state index in [2.05, 4.69) is 50.9 Å². The highest BCUT2D eigenvalue weighted by Gasteiger charge is 2.18. The highest BCUT2D eigenvalue weighted by atomic mass is 16.5. The molecule has 0 heterocycles. The summed E-state index contributed by atoms with van der Waals surface area (Å²) < 4.78 is 5.72. The number of nitrogens with one attached hydrogen (secondary N) is 1. The Hall–Kier alpha value is -1.02. The van der Waals surface area contributed by atoms with Gasteiger partial charge in [-0.25, -0.2) is 0 Å². The van der Waals surface area contributed by atoms with Gasteiger partial charge in [0.2, 0.25) is 0 Å². The SMILES string of the molecule is C=CC(C)CC(C)(C)NCCCOC1=CCCC=C1. The normalized spacial score (nSPS) is 16.9. The topological polar surface area (TPSA) is 21.3 Å². The Bertz CT molecular complexity index is 328. The van der Waals surface area contributed by atoms with Crippen LogP contribution in [-0.4, -0.2) is 18.7 Å². The van der Waals surface area contributed by atoms with Crippen molar-refractivity contribution in [3.8, 4) is 0 Å². The van der Waals surface area contributed by atoms with E-state index in [1.165, 1.54) is 0 Å². The Labute approximate surface area is 118 Å². The fourth-order valence-corrected chi connectivity index (χ4v) is 2.35. The van der Waals surface area contributed by atoms with Crippen LogP contribution < -0.4 is 5.32 Å². The molecule has 0 fully saturated rings. The minimum Gasteiger partial charge on any atom is -0.494 e. The first kappa shape index (κ1) is 16.0. The average molecular weight is 263 g/mol. The van der Waals surface area contributed by atoms with Crippen molar-refractivity contribution >= 4 is 0 Å². The maximum atomic E-state index is 5.72. The Morgan fingerprint density at radius 2 is 2.26 bits per heavy atom. The summed E-state index contributed by atoms with van der Waals surface area (Å²) in [7, 11) is 0. The lowest BCUT2D eigenvalue weighted by Crippen LogP contribution is -2.41. The van der Waals surface area contributed by atoms with Crippen LogP contribution in [0.25, 0.3) is 0 Å². The van der Waals surface area contributed by atoms with Gasteiger partial charge in [-0.2, -0.15) is 0 Å². The van der Waals surface area contributed by atoms with Crippen molar-refractivity contribution in [3.63, 3.8) is 0 Å². The molecule has 0 aromatic carbocycles. The third kappa shape index (κ3) is 7.22. The Balaban J connectivity index is 2.11. The quantitative estimate of drug-likeness (QED) is 0.497. The number of allylic oxidation sites excluding steroid dienone is 4. The van der Waals surface area contributed by atoms with Crippen LogP contribution >= 0.6 is 0 Å². The zero-order chi connectivity index (χ0) is 14.1. The predicted octanol–water partition coefficient (Wildman–Crippen LogP) is 4.21. The molecule has 0 saturated heterocycles. The standard InChI is InChI=1S/C17H29NO/c1-5-15(2)14-17(3,4)18-12-9-13-19-16-10-7-6-8-11-16/h5,7,10-11,15,18H,1,6,8-9,12-14H2,2-4H3. The van der Waals surface area contributed by atoms with Crippen LogP contribution in [0, 0.1) is 5.92 Å². The van der Waals surface area contributed by atoms with Gasteiger partial charge in [0, 0.05) is 5.54 Å². The van der Waals surface area contributed by atoms with Gasteiger partial charge in [0.1, 0.15) is 5.76 Å². The largest absolute Gasteiger partial charge is 0.494 e. The van der Waals surface area contributed by atoms with Crippen LogP contribution in [0.2, 0.25) is 0 Å². The Kier molecular flexibility index (Phi) is 6.93. The molecule has 0 aliphatic heterocycles. The van der Waals surface area contributed by atoms with Gasteiger partial charge in [-0.3, -0.25) is 0 Å². The lowest BCUT2D eigenvalue weighted by atomic mass is 9.91. The summed E-state index contributed by atoms with van der Waals surface area (Å²) in [6.07, 6.45) is 12.8. The number of hydrogen-bond acceptors (Lipinski definition) is 2. The summed E-state index contributed by atoms with van der Waals surface area (Å²) in [4.78, 5) is 0. The zero-order valence-electron chi connectivity index (χ0n) is 12.7. The van der Waals surface area contributed by atoms with Gasteiger partial charge in [-0.1, -0.05) is 19.1 Å². The second-order valence-corrected chi connectivity index (χ2v) is 6.02. The highest BCUT2D eigenvalue weighted by Crippen LogP contribution is 2.16. The number of ether oxygens (including phenoxy) is 1. The summed E-state index contributed by atoms with van der Waals surface area (Å²) in [6.45, 7) is 12.3. The zero-order valence-corrected chi connectivity index (χ0v) is 12.7. The fourth-order valence-electron chi connectivity index (χ4n) is 2.35. The first-order valence-corrected chi connectivity index (χ1v) is 7.40. The van der Waals surface area contributed by atoms with Crippen LogP contribution in [-0.2, 0) is 4.74 Å². The van der Waals surface area contributed by atoms with Gasteiger partial charge in [0.15, 0.2) is 0 Å². The molecule has 1 atom stereocenters. The molecule has 0 saturated carbocycles. The first-order chi connectivity index (χ1) is 9.03. The maximum Gasteiger partial charge on any atom is 0.115 e. The van der Waals surface area contributed by atoms with Crippen LogP contribution in [0.3, 0.4) is 0 Å². The number of rotatable bonds is 9. The van der Waals surface area contributed by atoms with E-state index in [9.17, 15) is 0 Å². The minimum absolute atomic E-state index is 0.164. The molecule has 1 aliphatic rings.